The lowest BCUT2D eigenvalue weighted by Crippen LogP contribution is -2.27. The lowest BCUT2D eigenvalue weighted by Gasteiger charge is -2.26. The van der Waals surface area contributed by atoms with E-state index < -0.39 is 0 Å². The summed E-state index contributed by atoms with van der Waals surface area (Å²) in [5.74, 6) is 1.71. The average molecular weight is 251 g/mol. The summed E-state index contributed by atoms with van der Waals surface area (Å²) in [5.41, 5.74) is 6.32. The Balaban J connectivity index is 1.55. The molecule has 18 heavy (non-hydrogen) atoms. The van der Waals surface area contributed by atoms with Crippen LogP contribution < -0.4 is 5.73 Å². The maximum absolute atomic E-state index is 6.01. The molecule has 5 heteroatoms. The normalized spacial score (nSPS) is 27.8. The van der Waals surface area contributed by atoms with Crippen LogP contribution in [0.5, 0.6) is 0 Å². The second-order valence-electron chi connectivity index (χ2n) is 6.23. The van der Waals surface area contributed by atoms with Crippen molar-refractivity contribution in [2.24, 2.45) is 11.1 Å². The standard InChI is InChI=1S/C13H21N3O2/c1-13(2)6-9(13)12-15-11(16-18-12)10(14)7-17-8-4-3-5-8/h8-10H,3-7,14H2,1-2H3. The van der Waals surface area contributed by atoms with E-state index in [9.17, 15) is 0 Å². The highest BCUT2D eigenvalue weighted by Gasteiger charge is 2.50. The van der Waals surface area contributed by atoms with Gasteiger partial charge in [-0.1, -0.05) is 19.0 Å². The first kappa shape index (κ1) is 12.1. The van der Waals surface area contributed by atoms with Crippen molar-refractivity contribution < 1.29 is 9.26 Å². The Morgan fingerprint density at radius 2 is 2.22 bits per heavy atom. The maximum Gasteiger partial charge on any atom is 0.230 e. The molecule has 2 saturated carbocycles. The van der Waals surface area contributed by atoms with Gasteiger partial charge in [-0.15, -0.1) is 0 Å². The molecular weight excluding hydrogens is 230 g/mol. The summed E-state index contributed by atoms with van der Waals surface area (Å²) in [4.78, 5) is 4.41. The molecule has 2 fully saturated rings. The maximum atomic E-state index is 6.01. The molecule has 0 amide bonds. The Hall–Kier alpha value is -0.940. The van der Waals surface area contributed by atoms with Gasteiger partial charge in [0.05, 0.1) is 18.8 Å². The van der Waals surface area contributed by atoms with Crippen molar-refractivity contribution in [3.8, 4) is 0 Å². The molecule has 2 unspecified atom stereocenters. The van der Waals surface area contributed by atoms with E-state index in [2.05, 4.69) is 24.0 Å². The third-order valence-electron chi connectivity index (χ3n) is 4.16. The minimum Gasteiger partial charge on any atom is -0.376 e. The number of aromatic nitrogens is 2. The van der Waals surface area contributed by atoms with Gasteiger partial charge in [-0.3, -0.25) is 0 Å². The van der Waals surface area contributed by atoms with Crippen LogP contribution in [0.4, 0.5) is 0 Å². The summed E-state index contributed by atoms with van der Waals surface area (Å²) in [5, 5.41) is 3.97. The van der Waals surface area contributed by atoms with Crippen molar-refractivity contribution >= 4 is 0 Å². The molecule has 0 aromatic carbocycles. The number of nitrogens with zero attached hydrogens (tertiary/aromatic N) is 2. The molecule has 2 N–H and O–H groups in total. The first-order valence-corrected chi connectivity index (χ1v) is 6.77. The summed E-state index contributed by atoms with van der Waals surface area (Å²) in [6, 6.07) is -0.273. The van der Waals surface area contributed by atoms with E-state index in [4.69, 9.17) is 15.0 Å². The van der Waals surface area contributed by atoms with Crippen molar-refractivity contribution in [1.82, 2.24) is 10.1 Å². The Kier molecular flexibility index (Phi) is 2.90. The molecule has 0 bridgehead atoms. The van der Waals surface area contributed by atoms with Gasteiger partial charge in [0, 0.05) is 5.92 Å². The van der Waals surface area contributed by atoms with Crippen LogP contribution in [-0.4, -0.2) is 22.9 Å². The van der Waals surface area contributed by atoms with Gasteiger partial charge in [0.15, 0.2) is 5.82 Å². The van der Waals surface area contributed by atoms with Crippen molar-refractivity contribution in [2.75, 3.05) is 6.61 Å². The molecule has 5 nitrogen and oxygen atoms in total. The summed E-state index contributed by atoms with van der Waals surface area (Å²) in [6.07, 6.45) is 5.08. The molecular formula is C13H21N3O2. The molecule has 3 rings (SSSR count). The smallest absolute Gasteiger partial charge is 0.230 e. The zero-order valence-electron chi connectivity index (χ0n) is 11.1. The molecule has 0 aliphatic heterocycles. The Morgan fingerprint density at radius 1 is 1.50 bits per heavy atom. The summed E-state index contributed by atoms with van der Waals surface area (Å²) in [7, 11) is 0. The van der Waals surface area contributed by atoms with Crippen LogP contribution in [0.2, 0.25) is 0 Å². The number of rotatable bonds is 5. The molecule has 1 aromatic rings. The van der Waals surface area contributed by atoms with Crippen molar-refractivity contribution in [3.63, 3.8) is 0 Å². The van der Waals surface area contributed by atoms with Crippen LogP contribution in [0.3, 0.4) is 0 Å². The summed E-state index contributed by atoms with van der Waals surface area (Å²) < 4.78 is 11.0. The fraction of sp³-hybridized carbons (Fsp3) is 0.846. The largest absolute Gasteiger partial charge is 0.376 e. The second-order valence-corrected chi connectivity index (χ2v) is 6.23. The third-order valence-corrected chi connectivity index (χ3v) is 4.16. The van der Waals surface area contributed by atoms with E-state index in [0.717, 1.165) is 25.2 Å². The lowest BCUT2D eigenvalue weighted by molar-refractivity contribution is -0.00549. The van der Waals surface area contributed by atoms with Crippen LogP contribution in [0.15, 0.2) is 4.52 Å². The quantitative estimate of drug-likeness (QED) is 0.868. The van der Waals surface area contributed by atoms with Crippen molar-refractivity contribution in [2.45, 2.75) is 57.6 Å². The van der Waals surface area contributed by atoms with E-state index in [1.165, 1.54) is 6.42 Å². The van der Waals surface area contributed by atoms with Gasteiger partial charge in [-0.2, -0.15) is 4.98 Å². The topological polar surface area (TPSA) is 74.2 Å². The SMILES string of the molecule is CC1(C)CC1c1nc(C(N)COC2CCC2)no1. The van der Waals surface area contributed by atoms with Crippen LogP contribution in [0, 0.1) is 5.41 Å². The fourth-order valence-electron chi connectivity index (χ4n) is 2.28. The minimum absolute atomic E-state index is 0.273. The summed E-state index contributed by atoms with van der Waals surface area (Å²) in [6.45, 7) is 4.90. The van der Waals surface area contributed by atoms with Crippen molar-refractivity contribution in [1.29, 1.82) is 0 Å². The predicted molar refractivity (Wildman–Crippen MR) is 66.0 cm³/mol. The van der Waals surface area contributed by atoms with E-state index in [1.807, 2.05) is 0 Å². The Labute approximate surface area is 107 Å². The molecule has 1 aromatic heterocycles. The van der Waals surface area contributed by atoms with E-state index >= 15 is 0 Å². The fourth-order valence-corrected chi connectivity index (χ4v) is 2.28. The molecule has 0 saturated heterocycles. The first-order valence-electron chi connectivity index (χ1n) is 6.77. The zero-order valence-corrected chi connectivity index (χ0v) is 11.1. The lowest BCUT2D eigenvalue weighted by atomic mass is 9.96. The van der Waals surface area contributed by atoms with Crippen LogP contribution in [0.25, 0.3) is 0 Å². The van der Waals surface area contributed by atoms with Gasteiger partial charge < -0.3 is 15.0 Å². The van der Waals surface area contributed by atoms with Gasteiger partial charge >= 0.3 is 0 Å². The number of hydrogen-bond acceptors (Lipinski definition) is 5. The highest BCUT2D eigenvalue weighted by atomic mass is 16.5. The molecule has 2 aliphatic rings. The molecule has 0 spiro atoms. The minimum atomic E-state index is -0.273. The molecule has 2 aliphatic carbocycles. The average Bonchev–Trinajstić information content (AvgIpc) is 2.73. The third kappa shape index (κ3) is 2.29. The molecule has 100 valence electrons. The second kappa shape index (κ2) is 4.31. The molecule has 1 heterocycles. The summed E-state index contributed by atoms with van der Waals surface area (Å²) >= 11 is 0. The van der Waals surface area contributed by atoms with E-state index in [-0.39, 0.29) is 6.04 Å². The number of ether oxygens (including phenoxy) is 1. The molecule has 0 radical (unpaired) electrons. The Morgan fingerprint density at radius 3 is 2.78 bits per heavy atom. The highest BCUT2D eigenvalue weighted by molar-refractivity contribution is 5.13. The van der Waals surface area contributed by atoms with Gasteiger partial charge in [0.25, 0.3) is 0 Å². The molecule has 2 atom stereocenters. The van der Waals surface area contributed by atoms with E-state index in [0.29, 0.717) is 29.9 Å². The highest BCUT2D eigenvalue weighted by Crippen LogP contribution is 2.58. The van der Waals surface area contributed by atoms with Crippen LogP contribution in [-0.2, 0) is 4.74 Å². The van der Waals surface area contributed by atoms with Gasteiger partial charge in [-0.25, -0.2) is 0 Å². The Bertz CT molecular complexity index is 426. The monoisotopic (exact) mass is 251 g/mol. The predicted octanol–water partition coefficient (Wildman–Crippen LogP) is 2.15. The van der Waals surface area contributed by atoms with Crippen LogP contribution >= 0.6 is 0 Å². The van der Waals surface area contributed by atoms with Crippen molar-refractivity contribution in [3.05, 3.63) is 11.7 Å². The van der Waals surface area contributed by atoms with Gasteiger partial charge in [0.1, 0.15) is 0 Å². The van der Waals surface area contributed by atoms with Gasteiger partial charge in [0.2, 0.25) is 5.89 Å². The van der Waals surface area contributed by atoms with Gasteiger partial charge in [-0.05, 0) is 31.1 Å². The zero-order chi connectivity index (χ0) is 12.8. The van der Waals surface area contributed by atoms with E-state index in [1.54, 1.807) is 0 Å². The number of hydrogen-bond donors (Lipinski definition) is 1. The van der Waals surface area contributed by atoms with Crippen LogP contribution in [0.1, 0.15) is 63.2 Å². The first-order chi connectivity index (χ1) is 8.56. The number of nitrogens with two attached hydrogens (primary N) is 1.